The topological polar surface area (TPSA) is 47.3 Å². The van der Waals surface area contributed by atoms with Crippen molar-refractivity contribution in [3.05, 3.63) is 65.2 Å². The molecule has 3 N–H and O–H groups in total. The molecule has 0 saturated carbocycles. The van der Waals surface area contributed by atoms with Crippen molar-refractivity contribution < 1.29 is 4.74 Å². The minimum atomic E-state index is 0.153. The van der Waals surface area contributed by atoms with E-state index in [-0.39, 0.29) is 6.04 Å². The number of ether oxygens (including phenoxy) is 1. The number of hydrazine groups is 1. The SMILES string of the molecule is COc1ccc(C(CCc2ccccc2C)NN)cc1. The molecule has 2 aromatic rings. The molecule has 2 rings (SSSR count). The summed E-state index contributed by atoms with van der Waals surface area (Å²) in [6, 6.07) is 16.7. The Morgan fingerprint density at radius 1 is 1.10 bits per heavy atom. The maximum absolute atomic E-state index is 5.70. The van der Waals surface area contributed by atoms with Crippen LogP contribution in [-0.2, 0) is 6.42 Å². The van der Waals surface area contributed by atoms with E-state index >= 15 is 0 Å². The van der Waals surface area contributed by atoms with Crippen molar-refractivity contribution in [2.24, 2.45) is 5.84 Å². The van der Waals surface area contributed by atoms with Crippen LogP contribution in [-0.4, -0.2) is 7.11 Å². The second kappa shape index (κ2) is 7.08. The predicted molar refractivity (Wildman–Crippen MR) is 82.6 cm³/mol. The molecule has 1 unspecified atom stereocenters. The smallest absolute Gasteiger partial charge is 0.118 e. The molecule has 0 amide bonds. The molecule has 1 atom stereocenters. The van der Waals surface area contributed by atoms with Crippen LogP contribution in [0.5, 0.6) is 5.75 Å². The molecule has 0 heterocycles. The van der Waals surface area contributed by atoms with Gasteiger partial charge in [0.15, 0.2) is 0 Å². The van der Waals surface area contributed by atoms with Gasteiger partial charge in [-0.15, -0.1) is 0 Å². The van der Waals surface area contributed by atoms with Crippen LogP contribution in [0.25, 0.3) is 0 Å². The highest BCUT2D eigenvalue weighted by atomic mass is 16.5. The van der Waals surface area contributed by atoms with E-state index < -0.39 is 0 Å². The van der Waals surface area contributed by atoms with E-state index in [1.54, 1.807) is 7.11 Å². The molecular weight excluding hydrogens is 248 g/mol. The van der Waals surface area contributed by atoms with Crippen LogP contribution in [0.15, 0.2) is 48.5 Å². The summed E-state index contributed by atoms with van der Waals surface area (Å²) in [6.07, 6.45) is 1.97. The Balaban J connectivity index is 2.03. The van der Waals surface area contributed by atoms with Crippen LogP contribution >= 0.6 is 0 Å². The van der Waals surface area contributed by atoms with Crippen LogP contribution in [0, 0.1) is 6.92 Å². The zero-order valence-corrected chi connectivity index (χ0v) is 12.1. The van der Waals surface area contributed by atoms with E-state index in [0.717, 1.165) is 18.6 Å². The second-order valence-electron chi connectivity index (χ2n) is 4.96. The van der Waals surface area contributed by atoms with Gasteiger partial charge in [-0.05, 0) is 48.6 Å². The second-order valence-corrected chi connectivity index (χ2v) is 4.96. The van der Waals surface area contributed by atoms with Crippen LogP contribution < -0.4 is 16.0 Å². The summed E-state index contributed by atoms with van der Waals surface area (Å²) in [5.41, 5.74) is 6.79. The highest BCUT2D eigenvalue weighted by Crippen LogP contribution is 2.22. The summed E-state index contributed by atoms with van der Waals surface area (Å²) < 4.78 is 5.18. The van der Waals surface area contributed by atoms with E-state index in [4.69, 9.17) is 10.6 Å². The summed E-state index contributed by atoms with van der Waals surface area (Å²) in [7, 11) is 1.67. The summed E-state index contributed by atoms with van der Waals surface area (Å²) in [5, 5.41) is 0. The van der Waals surface area contributed by atoms with Crippen molar-refractivity contribution >= 4 is 0 Å². The van der Waals surface area contributed by atoms with Crippen LogP contribution in [0.2, 0.25) is 0 Å². The fourth-order valence-electron chi connectivity index (χ4n) is 2.37. The Hall–Kier alpha value is -1.84. The van der Waals surface area contributed by atoms with Gasteiger partial charge < -0.3 is 4.74 Å². The molecular formula is C17H22N2O. The number of aryl methyl sites for hydroxylation is 2. The van der Waals surface area contributed by atoms with Gasteiger partial charge in [-0.25, -0.2) is 0 Å². The first-order valence-electron chi connectivity index (χ1n) is 6.89. The number of benzene rings is 2. The summed E-state index contributed by atoms with van der Waals surface area (Å²) in [4.78, 5) is 0. The van der Waals surface area contributed by atoms with Gasteiger partial charge in [0.25, 0.3) is 0 Å². The van der Waals surface area contributed by atoms with Crippen LogP contribution in [0.4, 0.5) is 0 Å². The molecule has 0 fully saturated rings. The zero-order chi connectivity index (χ0) is 14.4. The van der Waals surface area contributed by atoms with Gasteiger partial charge in [0, 0.05) is 6.04 Å². The van der Waals surface area contributed by atoms with Crippen molar-refractivity contribution in [3.8, 4) is 5.75 Å². The average molecular weight is 270 g/mol. The van der Waals surface area contributed by atoms with Crippen molar-refractivity contribution in [1.82, 2.24) is 5.43 Å². The third-order valence-corrected chi connectivity index (χ3v) is 3.68. The molecule has 0 saturated heterocycles. The van der Waals surface area contributed by atoms with Gasteiger partial charge in [0.05, 0.1) is 7.11 Å². The Bertz CT molecular complexity index is 537. The molecule has 0 bridgehead atoms. The largest absolute Gasteiger partial charge is 0.497 e. The zero-order valence-electron chi connectivity index (χ0n) is 12.1. The number of nitrogens with two attached hydrogens (primary N) is 1. The summed E-state index contributed by atoms with van der Waals surface area (Å²) in [6.45, 7) is 2.15. The van der Waals surface area contributed by atoms with E-state index in [1.807, 2.05) is 12.1 Å². The molecule has 0 aromatic heterocycles. The van der Waals surface area contributed by atoms with Gasteiger partial charge >= 0.3 is 0 Å². The monoisotopic (exact) mass is 270 g/mol. The lowest BCUT2D eigenvalue weighted by atomic mass is 9.97. The molecule has 0 aliphatic rings. The number of nitrogens with one attached hydrogen (secondary N) is 1. The summed E-state index contributed by atoms with van der Waals surface area (Å²) >= 11 is 0. The van der Waals surface area contributed by atoms with Gasteiger partial charge in [0.1, 0.15) is 5.75 Å². The van der Waals surface area contributed by atoms with Gasteiger partial charge in [0.2, 0.25) is 0 Å². The molecule has 2 aromatic carbocycles. The van der Waals surface area contributed by atoms with Crippen molar-refractivity contribution in [2.45, 2.75) is 25.8 Å². The van der Waals surface area contributed by atoms with Gasteiger partial charge in [-0.3, -0.25) is 11.3 Å². The predicted octanol–water partition coefficient (Wildman–Crippen LogP) is 3.14. The lowest BCUT2D eigenvalue weighted by molar-refractivity contribution is 0.414. The molecule has 0 radical (unpaired) electrons. The standard InChI is InChI=1S/C17H22N2O/c1-13-5-3-4-6-14(13)9-12-17(19-18)15-7-10-16(20-2)11-8-15/h3-8,10-11,17,19H,9,12,18H2,1-2H3. The highest BCUT2D eigenvalue weighted by Gasteiger charge is 2.10. The third-order valence-electron chi connectivity index (χ3n) is 3.68. The fraction of sp³-hybridized carbons (Fsp3) is 0.294. The van der Waals surface area contributed by atoms with Gasteiger partial charge in [-0.1, -0.05) is 36.4 Å². The molecule has 20 heavy (non-hydrogen) atoms. The Kier molecular flexibility index (Phi) is 5.16. The molecule has 3 nitrogen and oxygen atoms in total. The quantitative estimate of drug-likeness (QED) is 0.626. The highest BCUT2D eigenvalue weighted by molar-refractivity contribution is 5.30. The van der Waals surface area contributed by atoms with Crippen molar-refractivity contribution in [1.29, 1.82) is 0 Å². The van der Waals surface area contributed by atoms with E-state index in [2.05, 4.69) is 48.7 Å². The number of hydrogen-bond acceptors (Lipinski definition) is 3. The molecule has 0 aliphatic carbocycles. The number of hydrogen-bond donors (Lipinski definition) is 2. The third kappa shape index (κ3) is 3.59. The molecule has 106 valence electrons. The maximum Gasteiger partial charge on any atom is 0.118 e. The van der Waals surface area contributed by atoms with E-state index in [9.17, 15) is 0 Å². The van der Waals surface area contributed by atoms with Crippen LogP contribution in [0.1, 0.15) is 29.2 Å². The van der Waals surface area contributed by atoms with Crippen molar-refractivity contribution in [2.75, 3.05) is 7.11 Å². The first-order chi connectivity index (χ1) is 9.74. The lowest BCUT2D eigenvalue weighted by Crippen LogP contribution is -2.28. The maximum atomic E-state index is 5.70. The Labute approximate surface area is 120 Å². The Morgan fingerprint density at radius 2 is 1.80 bits per heavy atom. The average Bonchev–Trinajstić information content (AvgIpc) is 2.50. The molecule has 3 heteroatoms. The van der Waals surface area contributed by atoms with Crippen molar-refractivity contribution in [3.63, 3.8) is 0 Å². The first-order valence-corrected chi connectivity index (χ1v) is 6.89. The number of methoxy groups -OCH3 is 1. The summed E-state index contributed by atoms with van der Waals surface area (Å²) in [5.74, 6) is 6.56. The normalized spacial score (nSPS) is 12.2. The minimum absolute atomic E-state index is 0.153. The first kappa shape index (κ1) is 14.6. The van der Waals surface area contributed by atoms with E-state index in [1.165, 1.54) is 16.7 Å². The van der Waals surface area contributed by atoms with Gasteiger partial charge in [-0.2, -0.15) is 0 Å². The molecule has 0 aliphatic heterocycles. The fourth-order valence-corrected chi connectivity index (χ4v) is 2.37. The van der Waals surface area contributed by atoms with E-state index in [0.29, 0.717) is 0 Å². The number of rotatable bonds is 6. The lowest BCUT2D eigenvalue weighted by Gasteiger charge is -2.17. The molecule has 0 spiro atoms. The van der Waals surface area contributed by atoms with Crippen LogP contribution in [0.3, 0.4) is 0 Å². The Morgan fingerprint density at radius 3 is 2.40 bits per heavy atom. The minimum Gasteiger partial charge on any atom is -0.497 e.